The molecule has 0 aromatic carbocycles. The molecule has 0 saturated carbocycles. The second-order valence-corrected chi connectivity index (χ2v) is 27.3. The average molecular weight is 1200 g/mol. The summed E-state index contributed by atoms with van der Waals surface area (Å²) in [7, 11) is 5.95. The van der Waals surface area contributed by atoms with Crippen LogP contribution in [0.5, 0.6) is 0 Å². The highest BCUT2D eigenvalue weighted by atomic mass is 16.7. The van der Waals surface area contributed by atoms with E-state index in [2.05, 4.69) is 26.0 Å². The van der Waals surface area contributed by atoms with E-state index in [1.54, 1.807) is 0 Å². The molecule has 0 aliphatic heterocycles. The Bertz CT molecular complexity index is 1400. The molecule has 0 aliphatic carbocycles. The zero-order valence-electron chi connectivity index (χ0n) is 57.8. The van der Waals surface area contributed by atoms with Crippen LogP contribution >= 0.6 is 0 Å². The first kappa shape index (κ1) is 83.0. The summed E-state index contributed by atoms with van der Waals surface area (Å²) in [5.41, 5.74) is 0. The highest BCUT2D eigenvalue weighted by Crippen LogP contribution is 2.20. The zero-order valence-corrected chi connectivity index (χ0v) is 57.8. The quantitative estimate of drug-likeness (QED) is 0.0195. The van der Waals surface area contributed by atoms with Crippen molar-refractivity contribution in [1.82, 2.24) is 0 Å². The Morgan fingerprint density at radius 3 is 0.871 bits per heavy atom. The maximum absolute atomic E-state index is 13.0. The largest absolute Gasteiger partial charge is 0.545 e. The fourth-order valence-electron chi connectivity index (χ4n) is 11.7. The molecule has 0 amide bonds. The van der Waals surface area contributed by atoms with Gasteiger partial charge in [-0.3, -0.25) is 9.59 Å². The lowest BCUT2D eigenvalue weighted by molar-refractivity contribution is -0.870. The molecular formula is C76H147NO8. The Hall–Kier alpha value is -1.97. The van der Waals surface area contributed by atoms with E-state index in [0.29, 0.717) is 17.4 Å². The van der Waals surface area contributed by atoms with E-state index in [-0.39, 0.29) is 32.2 Å². The summed E-state index contributed by atoms with van der Waals surface area (Å²) in [5, 5.41) is 11.8. The molecule has 0 aromatic heterocycles. The minimum Gasteiger partial charge on any atom is -0.545 e. The lowest BCUT2D eigenvalue weighted by atomic mass is 10.0. The Balaban J connectivity index is 4.00. The van der Waals surface area contributed by atoms with Gasteiger partial charge in [-0.1, -0.05) is 360 Å². The maximum Gasteiger partial charge on any atom is 0.306 e. The van der Waals surface area contributed by atoms with Crippen molar-refractivity contribution in [3.8, 4) is 0 Å². The summed E-state index contributed by atoms with van der Waals surface area (Å²) in [6.07, 6.45) is 80.4. The molecule has 0 aliphatic rings. The van der Waals surface area contributed by atoms with Crippen molar-refractivity contribution in [2.75, 3.05) is 47.5 Å². The standard InChI is InChI=1S/C76H147NO8/c1-6-8-10-12-14-16-18-20-22-24-26-28-30-32-34-35-36-37-38-39-41-43-45-47-49-51-53-55-57-59-61-63-65-67-74(79)85-72(71-84-76(75(80)81)82-69-68-77(3,4)5)70-83-73(78)66-64-62-60-58-56-54-52-50-48-46-44-42-40-33-31-29-27-25-23-21-19-17-15-13-11-9-7-2/h24,26,72,76H,6-23,25,27-71H2,1-5H3/b26-24-. The van der Waals surface area contributed by atoms with E-state index >= 15 is 0 Å². The van der Waals surface area contributed by atoms with Crippen molar-refractivity contribution in [1.29, 1.82) is 0 Å². The van der Waals surface area contributed by atoms with Crippen molar-refractivity contribution in [2.45, 2.75) is 411 Å². The molecule has 9 nitrogen and oxygen atoms in total. The number of likely N-dealkylation sites (N-methyl/N-ethyl adjacent to an activating group) is 1. The second kappa shape index (κ2) is 68.0. The second-order valence-electron chi connectivity index (χ2n) is 27.3. The molecule has 504 valence electrons. The van der Waals surface area contributed by atoms with E-state index < -0.39 is 24.3 Å². The molecule has 0 radical (unpaired) electrons. The van der Waals surface area contributed by atoms with E-state index in [1.165, 1.54) is 334 Å². The van der Waals surface area contributed by atoms with Crippen LogP contribution in [0.25, 0.3) is 0 Å². The Kier molecular flexibility index (Phi) is 66.4. The first-order chi connectivity index (χ1) is 41.6. The first-order valence-corrected chi connectivity index (χ1v) is 37.8. The first-order valence-electron chi connectivity index (χ1n) is 37.8. The van der Waals surface area contributed by atoms with Gasteiger partial charge in [-0.05, 0) is 38.5 Å². The fourth-order valence-corrected chi connectivity index (χ4v) is 11.7. The zero-order chi connectivity index (χ0) is 61.9. The third-order valence-electron chi connectivity index (χ3n) is 17.5. The van der Waals surface area contributed by atoms with Crippen molar-refractivity contribution >= 4 is 17.9 Å². The van der Waals surface area contributed by atoms with Crippen LogP contribution in [0, 0.1) is 0 Å². The summed E-state index contributed by atoms with van der Waals surface area (Å²) in [6.45, 7) is 4.84. The molecule has 0 bridgehead atoms. The van der Waals surface area contributed by atoms with Gasteiger partial charge in [-0.25, -0.2) is 0 Å². The number of quaternary nitrogens is 1. The van der Waals surface area contributed by atoms with E-state index in [0.717, 1.165) is 38.5 Å². The number of rotatable bonds is 72. The number of ether oxygens (including phenoxy) is 4. The molecule has 0 saturated heterocycles. The minimum atomic E-state index is -1.62. The van der Waals surface area contributed by atoms with Crippen LogP contribution < -0.4 is 5.11 Å². The number of carbonyl (C=O) groups is 3. The number of allylic oxidation sites excluding steroid dienone is 2. The van der Waals surface area contributed by atoms with Gasteiger partial charge in [0, 0.05) is 12.8 Å². The lowest BCUT2D eigenvalue weighted by Gasteiger charge is -2.26. The Morgan fingerprint density at radius 1 is 0.341 bits per heavy atom. The van der Waals surface area contributed by atoms with Crippen molar-refractivity contribution < 1.29 is 42.9 Å². The molecule has 85 heavy (non-hydrogen) atoms. The van der Waals surface area contributed by atoms with Crippen LogP contribution in [0.15, 0.2) is 12.2 Å². The molecule has 0 N–H and O–H groups in total. The van der Waals surface area contributed by atoms with Gasteiger partial charge in [0.05, 0.1) is 40.3 Å². The van der Waals surface area contributed by atoms with Gasteiger partial charge in [0.2, 0.25) is 0 Å². The van der Waals surface area contributed by atoms with Gasteiger partial charge in [-0.2, -0.15) is 0 Å². The molecular weight excluding hydrogens is 1050 g/mol. The number of carboxylic acids is 1. The Labute approximate surface area is 529 Å². The summed E-state index contributed by atoms with van der Waals surface area (Å²) in [4.78, 5) is 37.5. The van der Waals surface area contributed by atoms with Crippen molar-refractivity contribution in [3.05, 3.63) is 12.2 Å². The smallest absolute Gasteiger partial charge is 0.306 e. The third kappa shape index (κ3) is 69.4. The molecule has 0 spiro atoms. The van der Waals surface area contributed by atoms with Crippen LogP contribution in [0.3, 0.4) is 0 Å². The summed E-state index contributed by atoms with van der Waals surface area (Å²) < 4.78 is 22.9. The van der Waals surface area contributed by atoms with Crippen LogP contribution in [0.4, 0.5) is 0 Å². The lowest BCUT2D eigenvalue weighted by Crippen LogP contribution is -2.44. The van der Waals surface area contributed by atoms with E-state index in [9.17, 15) is 19.5 Å². The molecule has 2 atom stereocenters. The van der Waals surface area contributed by atoms with E-state index in [1.807, 2.05) is 21.1 Å². The minimum absolute atomic E-state index is 0.153. The van der Waals surface area contributed by atoms with Crippen LogP contribution in [0.2, 0.25) is 0 Å². The number of hydrogen-bond donors (Lipinski definition) is 0. The highest BCUT2D eigenvalue weighted by Gasteiger charge is 2.22. The number of aliphatic carboxylic acids is 1. The number of nitrogens with zero attached hydrogens (tertiary/aromatic N) is 1. The summed E-state index contributed by atoms with van der Waals surface area (Å²) in [5.74, 6) is -2.24. The summed E-state index contributed by atoms with van der Waals surface area (Å²) in [6, 6.07) is 0. The number of hydrogen-bond acceptors (Lipinski definition) is 8. The fraction of sp³-hybridized carbons (Fsp3) is 0.934. The van der Waals surface area contributed by atoms with Gasteiger partial charge in [0.25, 0.3) is 0 Å². The van der Waals surface area contributed by atoms with Gasteiger partial charge in [0.1, 0.15) is 13.2 Å². The molecule has 0 heterocycles. The van der Waals surface area contributed by atoms with E-state index in [4.69, 9.17) is 18.9 Å². The molecule has 2 unspecified atom stereocenters. The van der Waals surface area contributed by atoms with Gasteiger partial charge in [0.15, 0.2) is 12.4 Å². The average Bonchev–Trinajstić information content (AvgIpc) is 3.49. The predicted molar refractivity (Wildman–Crippen MR) is 362 cm³/mol. The molecule has 0 fully saturated rings. The monoisotopic (exact) mass is 1200 g/mol. The normalized spacial score (nSPS) is 12.6. The Morgan fingerprint density at radius 2 is 0.600 bits per heavy atom. The van der Waals surface area contributed by atoms with Crippen LogP contribution in [-0.2, 0) is 33.3 Å². The van der Waals surface area contributed by atoms with Crippen LogP contribution in [-0.4, -0.2) is 82.3 Å². The number of carbonyl (C=O) groups excluding carboxylic acids is 3. The van der Waals surface area contributed by atoms with Crippen LogP contribution in [0.1, 0.15) is 399 Å². The number of esters is 2. The third-order valence-corrected chi connectivity index (χ3v) is 17.5. The van der Waals surface area contributed by atoms with Crippen molar-refractivity contribution in [3.63, 3.8) is 0 Å². The highest BCUT2D eigenvalue weighted by molar-refractivity contribution is 5.70. The number of unbranched alkanes of at least 4 members (excludes halogenated alkanes) is 55. The topological polar surface area (TPSA) is 111 Å². The van der Waals surface area contributed by atoms with Crippen molar-refractivity contribution in [2.24, 2.45) is 0 Å². The SMILES string of the molecule is CCCCCCCCCC/C=C\CCCCCCCCCCCCCCCCCCCCCCCC(=O)OC(COC(=O)CCCCCCCCCCCCCCCCCCCCCCCCCCCCC)COC(OCC[N+](C)(C)C)C(=O)[O-]. The van der Waals surface area contributed by atoms with Gasteiger partial charge >= 0.3 is 11.9 Å². The number of carboxylic acid groups (broad SMARTS) is 1. The van der Waals surface area contributed by atoms with Gasteiger partial charge in [-0.15, -0.1) is 0 Å². The predicted octanol–water partition coefficient (Wildman–Crippen LogP) is 22.3. The summed E-state index contributed by atoms with van der Waals surface area (Å²) >= 11 is 0. The maximum atomic E-state index is 13.0. The molecule has 0 rings (SSSR count). The molecule has 0 aromatic rings. The molecule has 9 heteroatoms. The van der Waals surface area contributed by atoms with Gasteiger partial charge < -0.3 is 33.3 Å².